The van der Waals surface area contributed by atoms with Gasteiger partial charge in [-0.2, -0.15) is 0 Å². The van der Waals surface area contributed by atoms with Crippen molar-refractivity contribution in [2.24, 2.45) is 5.92 Å². The Hall–Kier alpha value is -0.570. The van der Waals surface area contributed by atoms with E-state index in [1.54, 1.807) is 18.2 Å². The number of benzene rings is 1. The molecule has 2 aliphatic heterocycles. The Labute approximate surface area is 116 Å². The maximum absolute atomic E-state index is 12.3. The molecular formula is C14H14Cl2O2. The van der Waals surface area contributed by atoms with E-state index in [-0.39, 0.29) is 17.8 Å². The third-order valence-corrected chi connectivity index (χ3v) is 4.50. The standard InChI is InChI=1S/C14H14Cl2O2/c15-9-1-3-12(16)8(5-9)6-13(17)11-7-10-2-4-14(11)18-10/h1,3,5,10-11,14H,2,4,6-7H2. The lowest BCUT2D eigenvalue weighted by Gasteiger charge is -2.17. The molecule has 2 nitrogen and oxygen atoms in total. The molecule has 2 aliphatic rings. The van der Waals surface area contributed by atoms with Crippen LogP contribution in [-0.4, -0.2) is 18.0 Å². The van der Waals surface area contributed by atoms with E-state index >= 15 is 0 Å². The van der Waals surface area contributed by atoms with Crippen LogP contribution in [0.4, 0.5) is 0 Å². The van der Waals surface area contributed by atoms with Gasteiger partial charge in [0.1, 0.15) is 5.78 Å². The van der Waals surface area contributed by atoms with Gasteiger partial charge in [0.25, 0.3) is 0 Å². The molecule has 4 heteroatoms. The smallest absolute Gasteiger partial charge is 0.143 e. The number of Topliss-reactive ketones (excluding diaryl/α,β-unsaturated/α-hetero) is 1. The van der Waals surface area contributed by atoms with Crippen molar-refractivity contribution in [2.45, 2.75) is 37.9 Å². The molecule has 0 saturated carbocycles. The van der Waals surface area contributed by atoms with Crippen molar-refractivity contribution in [1.29, 1.82) is 0 Å². The molecule has 0 spiro atoms. The molecule has 3 unspecified atom stereocenters. The van der Waals surface area contributed by atoms with E-state index in [1.165, 1.54) is 0 Å². The van der Waals surface area contributed by atoms with Crippen molar-refractivity contribution >= 4 is 29.0 Å². The monoisotopic (exact) mass is 284 g/mol. The average Bonchev–Trinajstić information content (AvgIpc) is 2.96. The second-order valence-electron chi connectivity index (χ2n) is 5.09. The first kappa shape index (κ1) is 12.5. The van der Waals surface area contributed by atoms with Gasteiger partial charge in [0.05, 0.1) is 12.2 Å². The lowest BCUT2D eigenvalue weighted by Crippen LogP contribution is -2.26. The van der Waals surface area contributed by atoms with Crippen LogP contribution in [0.2, 0.25) is 10.0 Å². The van der Waals surface area contributed by atoms with Crippen LogP contribution in [0.5, 0.6) is 0 Å². The van der Waals surface area contributed by atoms with Crippen LogP contribution in [0.3, 0.4) is 0 Å². The molecule has 0 aromatic heterocycles. The van der Waals surface area contributed by atoms with Crippen LogP contribution in [0.15, 0.2) is 18.2 Å². The molecule has 2 heterocycles. The molecule has 3 rings (SSSR count). The zero-order valence-electron chi connectivity index (χ0n) is 9.86. The van der Waals surface area contributed by atoms with Gasteiger partial charge in [0.15, 0.2) is 0 Å². The quantitative estimate of drug-likeness (QED) is 0.847. The molecule has 0 aliphatic carbocycles. The van der Waals surface area contributed by atoms with Crippen molar-refractivity contribution in [3.63, 3.8) is 0 Å². The molecule has 18 heavy (non-hydrogen) atoms. The normalized spacial score (nSPS) is 29.8. The predicted octanol–water partition coefficient (Wildman–Crippen LogP) is 3.67. The summed E-state index contributed by atoms with van der Waals surface area (Å²) >= 11 is 12.0. The Kier molecular flexibility index (Phi) is 3.35. The summed E-state index contributed by atoms with van der Waals surface area (Å²) in [6.07, 6.45) is 3.80. The second-order valence-corrected chi connectivity index (χ2v) is 5.94. The number of carbonyl (C=O) groups is 1. The Bertz CT molecular complexity index is 487. The van der Waals surface area contributed by atoms with Gasteiger partial charge in [-0.05, 0) is 43.0 Å². The largest absolute Gasteiger partial charge is 0.374 e. The molecular weight excluding hydrogens is 271 g/mol. The third-order valence-electron chi connectivity index (χ3n) is 3.89. The van der Waals surface area contributed by atoms with E-state index in [4.69, 9.17) is 27.9 Å². The SMILES string of the molecule is O=C(Cc1cc(Cl)ccc1Cl)C1CC2CCC1O2. The van der Waals surface area contributed by atoms with E-state index < -0.39 is 0 Å². The molecule has 1 aromatic rings. The Morgan fingerprint density at radius 2 is 2.17 bits per heavy atom. The van der Waals surface area contributed by atoms with E-state index in [1.807, 2.05) is 0 Å². The number of ketones is 1. The van der Waals surface area contributed by atoms with E-state index in [0.29, 0.717) is 22.6 Å². The molecule has 0 N–H and O–H groups in total. The highest BCUT2D eigenvalue weighted by molar-refractivity contribution is 6.33. The number of rotatable bonds is 3. The van der Waals surface area contributed by atoms with Crippen LogP contribution in [0.25, 0.3) is 0 Å². The van der Waals surface area contributed by atoms with Gasteiger partial charge in [-0.3, -0.25) is 4.79 Å². The summed E-state index contributed by atoms with van der Waals surface area (Å²) in [6.45, 7) is 0. The third kappa shape index (κ3) is 2.29. The predicted molar refractivity (Wildman–Crippen MR) is 71.2 cm³/mol. The molecule has 3 atom stereocenters. The highest BCUT2D eigenvalue weighted by Gasteiger charge is 2.43. The number of fused-ring (bicyclic) bond motifs is 2. The number of halogens is 2. The average molecular weight is 285 g/mol. The number of hydrogen-bond donors (Lipinski definition) is 0. The zero-order valence-corrected chi connectivity index (χ0v) is 11.4. The Morgan fingerprint density at radius 3 is 2.83 bits per heavy atom. The molecule has 2 bridgehead atoms. The van der Waals surface area contributed by atoms with Crippen LogP contribution >= 0.6 is 23.2 Å². The summed E-state index contributed by atoms with van der Waals surface area (Å²) in [5, 5.41) is 1.23. The van der Waals surface area contributed by atoms with Crippen LogP contribution < -0.4 is 0 Å². The fraction of sp³-hybridized carbons (Fsp3) is 0.500. The Morgan fingerprint density at radius 1 is 1.33 bits per heavy atom. The summed E-state index contributed by atoms with van der Waals surface area (Å²) in [4.78, 5) is 12.3. The highest BCUT2D eigenvalue weighted by atomic mass is 35.5. The first-order valence-electron chi connectivity index (χ1n) is 6.25. The molecule has 2 saturated heterocycles. The van der Waals surface area contributed by atoms with Crippen molar-refractivity contribution in [1.82, 2.24) is 0 Å². The van der Waals surface area contributed by atoms with Crippen LogP contribution in [0, 0.1) is 5.92 Å². The minimum absolute atomic E-state index is 0.0544. The summed E-state index contributed by atoms with van der Waals surface area (Å²) in [6, 6.07) is 5.25. The number of hydrogen-bond acceptors (Lipinski definition) is 2. The van der Waals surface area contributed by atoms with Crippen LogP contribution in [-0.2, 0) is 16.0 Å². The van der Waals surface area contributed by atoms with Gasteiger partial charge in [-0.15, -0.1) is 0 Å². The molecule has 1 aromatic carbocycles. The topological polar surface area (TPSA) is 26.3 Å². The van der Waals surface area contributed by atoms with Crippen molar-refractivity contribution in [2.75, 3.05) is 0 Å². The minimum atomic E-state index is 0.0544. The maximum Gasteiger partial charge on any atom is 0.143 e. The number of ether oxygens (including phenoxy) is 1. The highest BCUT2D eigenvalue weighted by Crippen LogP contribution is 2.39. The summed E-state index contributed by atoms with van der Waals surface area (Å²) in [5.74, 6) is 0.283. The molecule has 0 radical (unpaired) electrons. The minimum Gasteiger partial charge on any atom is -0.374 e. The second kappa shape index (κ2) is 4.84. The van der Waals surface area contributed by atoms with Gasteiger partial charge in [-0.25, -0.2) is 0 Å². The lowest BCUT2D eigenvalue weighted by atomic mass is 9.84. The van der Waals surface area contributed by atoms with E-state index in [0.717, 1.165) is 24.8 Å². The van der Waals surface area contributed by atoms with E-state index in [2.05, 4.69) is 0 Å². The Balaban J connectivity index is 1.72. The van der Waals surface area contributed by atoms with Gasteiger partial charge in [0, 0.05) is 22.4 Å². The van der Waals surface area contributed by atoms with Crippen molar-refractivity contribution in [3.8, 4) is 0 Å². The summed E-state index contributed by atoms with van der Waals surface area (Å²) in [5.41, 5.74) is 0.817. The van der Waals surface area contributed by atoms with Gasteiger partial charge in [-0.1, -0.05) is 23.2 Å². The fourth-order valence-corrected chi connectivity index (χ4v) is 3.35. The van der Waals surface area contributed by atoms with Crippen LogP contribution in [0.1, 0.15) is 24.8 Å². The van der Waals surface area contributed by atoms with Gasteiger partial charge in [0.2, 0.25) is 0 Å². The first-order chi connectivity index (χ1) is 8.63. The van der Waals surface area contributed by atoms with Crippen molar-refractivity contribution < 1.29 is 9.53 Å². The molecule has 2 fully saturated rings. The maximum atomic E-state index is 12.3. The summed E-state index contributed by atoms with van der Waals surface area (Å²) < 4.78 is 5.72. The van der Waals surface area contributed by atoms with Gasteiger partial charge >= 0.3 is 0 Å². The molecule has 96 valence electrons. The van der Waals surface area contributed by atoms with Gasteiger partial charge < -0.3 is 4.74 Å². The lowest BCUT2D eigenvalue weighted by molar-refractivity contribution is -0.123. The van der Waals surface area contributed by atoms with Crippen molar-refractivity contribution in [3.05, 3.63) is 33.8 Å². The fourth-order valence-electron chi connectivity index (χ4n) is 2.97. The van der Waals surface area contributed by atoms with E-state index in [9.17, 15) is 4.79 Å². The first-order valence-corrected chi connectivity index (χ1v) is 7.01. The number of carbonyl (C=O) groups excluding carboxylic acids is 1. The zero-order chi connectivity index (χ0) is 12.7. The summed E-state index contributed by atoms with van der Waals surface area (Å²) in [7, 11) is 0. The molecule has 0 amide bonds.